The summed E-state index contributed by atoms with van der Waals surface area (Å²) in [5.41, 5.74) is 23.0. The number of para-hydroxylation sites is 2. The molecule has 0 amide bonds. The molecule has 1 saturated carbocycles. The molecule has 2 aliphatic carbocycles. The molecule has 0 N–H and O–H groups in total. The Balaban J connectivity index is 0.648. The molecular formula is C78H56N2. The third kappa shape index (κ3) is 7.54. The molecule has 2 heteroatoms. The number of hydrogen-bond donors (Lipinski definition) is 0. The number of fused-ring (bicyclic) bond motifs is 13. The summed E-state index contributed by atoms with van der Waals surface area (Å²) in [4.78, 5) is 0. The molecule has 2 aliphatic rings. The Morgan fingerprint density at radius 1 is 0.275 bits per heavy atom. The number of nitrogens with zero attached hydrogens (tertiary/aromatic N) is 2. The molecule has 2 nitrogen and oxygen atoms in total. The first-order valence-electron chi connectivity index (χ1n) is 28.5. The van der Waals surface area contributed by atoms with Gasteiger partial charge >= 0.3 is 0 Å². The topological polar surface area (TPSA) is 9.86 Å². The maximum atomic E-state index is 2.51. The fourth-order valence-electron chi connectivity index (χ4n) is 14.0. The highest BCUT2D eigenvalue weighted by Gasteiger charge is 2.43. The second-order valence-corrected chi connectivity index (χ2v) is 22.3. The summed E-state index contributed by atoms with van der Waals surface area (Å²) in [5, 5.41) is 10.1. The second-order valence-electron chi connectivity index (χ2n) is 22.3. The standard InChI is InChI=1S/C78H56N2/c1-10-46-78(47-11-1)70-48-54(28-26-52-30-36-56(37-31-52)60-40-44-76-68(50-60)66-20-6-8-22-74(66)79(76)72-24-12-16-58-14-2-4-18-62(58)72)34-42-64(70)65-43-35-55(49-71(65)78)29-27-53-32-38-57(39-33-53)61-41-45-77-69(51-61)67-21-7-9-23-75(67)80(77)73-25-13-17-59-15-3-5-19-63(59)73/h2-9,12-45,48-51H,1,10-11,46-47H2/b28-26+,29-27+. The summed E-state index contributed by atoms with van der Waals surface area (Å²) < 4.78 is 4.87. The van der Waals surface area contributed by atoms with Crippen LogP contribution in [0.3, 0.4) is 0 Å². The first kappa shape index (κ1) is 46.3. The van der Waals surface area contributed by atoms with Crippen molar-refractivity contribution in [2.24, 2.45) is 0 Å². The van der Waals surface area contributed by atoms with Gasteiger partial charge in [0.15, 0.2) is 0 Å². The van der Waals surface area contributed by atoms with Crippen molar-refractivity contribution in [2.45, 2.75) is 37.5 Å². The van der Waals surface area contributed by atoms with E-state index in [0.717, 1.165) is 0 Å². The van der Waals surface area contributed by atoms with E-state index in [4.69, 9.17) is 0 Å². The average molecular weight is 1020 g/mol. The fraction of sp³-hybridized carbons (Fsp3) is 0.0769. The maximum Gasteiger partial charge on any atom is 0.0541 e. The van der Waals surface area contributed by atoms with Crippen LogP contribution in [0.1, 0.15) is 65.5 Å². The van der Waals surface area contributed by atoms with Crippen LogP contribution in [0.15, 0.2) is 255 Å². The van der Waals surface area contributed by atoms with Gasteiger partial charge in [-0.05, 0) is 139 Å². The number of benzene rings is 12. The van der Waals surface area contributed by atoms with Crippen molar-refractivity contribution in [3.05, 3.63) is 288 Å². The molecule has 378 valence electrons. The van der Waals surface area contributed by atoms with E-state index in [0.29, 0.717) is 0 Å². The molecule has 16 rings (SSSR count). The zero-order valence-corrected chi connectivity index (χ0v) is 44.5. The first-order valence-corrected chi connectivity index (χ1v) is 28.5. The fourth-order valence-corrected chi connectivity index (χ4v) is 14.0. The number of rotatable bonds is 8. The van der Waals surface area contributed by atoms with Crippen LogP contribution in [0.25, 0.3) is 134 Å². The number of aromatic nitrogens is 2. The van der Waals surface area contributed by atoms with Gasteiger partial charge in [0.05, 0.1) is 33.4 Å². The van der Waals surface area contributed by atoms with E-state index < -0.39 is 0 Å². The minimum Gasteiger partial charge on any atom is -0.309 e. The highest BCUT2D eigenvalue weighted by atomic mass is 15.0. The predicted octanol–water partition coefficient (Wildman–Crippen LogP) is 21.1. The summed E-state index contributed by atoms with van der Waals surface area (Å²) in [5.74, 6) is 0. The molecule has 0 atom stereocenters. The number of hydrogen-bond acceptors (Lipinski definition) is 0. The van der Waals surface area contributed by atoms with E-state index in [9.17, 15) is 0 Å². The van der Waals surface area contributed by atoms with Crippen molar-refractivity contribution in [1.82, 2.24) is 9.13 Å². The molecule has 2 aromatic heterocycles. The third-order valence-electron chi connectivity index (χ3n) is 17.9. The summed E-state index contributed by atoms with van der Waals surface area (Å²) in [7, 11) is 0. The van der Waals surface area contributed by atoms with Crippen LogP contribution >= 0.6 is 0 Å². The van der Waals surface area contributed by atoms with Gasteiger partial charge in [-0.1, -0.05) is 250 Å². The monoisotopic (exact) mass is 1020 g/mol. The van der Waals surface area contributed by atoms with Gasteiger partial charge in [-0.15, -0.1) is 0 Å². The molecule has 0 radical (unpaired) electrons. The summed E-state index contributed by atoms with van der Waals surface area (Å²) in [6.45, 7) is 0. The summed E-state index contributed by atoms with van der Waals surface area (Å²) >= 11 is 0. The van der Waals surface area contributed by atoms with Crippen molar-refractivity contribution in [2.75, 3.05) is 0 Å². The zero-order chi connectivity index (χ0) is 52.7. The molecule has 0 aliphatic heterocycles. The van der Waals surface area contributed by atoms with Crippen molar-refractivity contribution in [3.8, 4) is 44.8 Å². The Morgan fingerprint density at radius 2 is 0.650 bits per heavy atom. The van der Waals surface area contributed by atoms with Gasteiger partial charge in [-0.3, -0.25) is 0 Å². The van der Waals surface area contributed by atoms with E-state index in [1.807, 2.05) is 0 Å². The molecule has 2 heterocycles. The molecular weight excluding hydrogens is 965 g/mol. The van der Waals surface area contributed by atoms with Crippen LogP contribution in [-0.2, 0) is 5.41 Å². The van der Waals surface area contributed by atoms with Gasteiger partial charge < -0.3 is 9.13 Å². The Labute approximate surface area is 466 Å². The van der Waals surface area contributed by atoms with Crippen LogP contribution in [0.2, 0.25) is 0 Å². The highest BCUT2D eigenvalue weighted by molar-refractivity contribution is 6.13. The molecule has 80 heavy (non-hydrogen) atoms. The van der Waals surface area contributed by atoms with Crippen LogP contribution in [-0.4, -0.2) is 9.13 Å². The van der Waals surface area contributed by atoms with Crippen molar-refractivity contribution < 1.29 is 0 Å². The van der Waals surface area contributed by atoms with Crippen LogP contribution in [0.5, 0.6) is 0 Å². The van der Waals surface area contributed by atoms with Crippen molar-refractivity contribution in [1.29, 1.82) is 0 Å². The van der Waals surface area contributed by atoms with Crippen molar-refractivity contribution in [3.63, 3.8) is 0 Å². The van der Waals surface area contributed by atoms with Gasteiger partial charge in [0, 0.05) is 37.7 Å². The van der Waals surface area contributed by atoms with E-state index in [2.05, 4.69) is 288 Å². The van der Waals surface area contributed by atoms with E-state index in [1.165, 1.54) is 175 Å². The van der Waals surface area contributed by atoms with Gasteiger partial charge in [0.1, 0.15) is 0 Å². The lowest BCUT2D eigenvalue weighted by Crippen LogP contribution is -2.28. The molecule has 0 bridgehead atoms. The average Bonchev–Trinajstić information content (AvgIpc) is 4.14. The normalized spacial score (nSPS) is 14.0. The minimum atomic E-state index is 0.0461. The molecule has 1 spiro atoms. The lowest BCUT2D eigenvalue weighted by atomic mass is 9.67. The van der Waals surface area contributed by atoms with E-state index >= 15 is 0 Å². The Bertz CT molecular complexity index is 4530. The maximum absolute atomic E-state index is 2.51. The molecule has 1 fully saturated rings. The Hall–Kier alpha value is -9.76. The largest absolute Gasteiger partial charge is 0.309 e. The lowest BCUT2D eigenvalue weighted by molar-refractivity contribution is 0.353. The zero-order valence-electron chi connectivity index (χ0n) is 44.5. The molecule has 0 saturated heterocycles. The van der Waals surface area contributed by atoms with Crippen LogP contribution < -0.4 is 0 Å². The summed E-state index contributed by atoms with van der Waals surface area (Å²) in [6, 6.07) is 94.8. The Kier molecular flexibility index (Phi) is 10.8. The quantitative estimate of drug-likeness (QED) is 0.134. The molecule has 14 aromatic rings. The first-order chi connectivity index (χ1) is 39.6. The molecule has 12 aromatic carbocycles. The van der Waals surface area contributed by atoms with Crippen molar-refractivity contribution >= 4 is 89.5 Å². The van der Waals surface area contributed by atoms with Gasteiger partial charge in [-0.25, -0.2) is 0 Å². The highest BCUT2D eigenvalue weighted by Crippen LogP contribution is 2.56. The van der Waals surface area contributed by atoms with Crippen LogP contribution in [0.4, 0.5) is 0 Å². The second kappa shape index (κ2) is 18.7. The van der Waals surface area contributed by atoms with Gasteiger partial charge in [0.2, 0.25) is 0 Å². The molecule has 0 unspecified atom stereocenters. The van der Waals surface area contributed by atoms with E-state index in [-0.39, 0.29) is 5.41 Å². The minimum absolute atomic E-state index is 0.0461. The third-order valence-corrected chi connectivity index (χ3v) is 17.9. The van der Waals surface area contributed by atoms with Crippen LogP contribution in [0, 0.1) is 0 Å². The Morgan fingerprint density at radius 3 is 1.12 bits per heavy atom. The van der Waals surface area contributed by atoms with Gasteiger partial charge in [-0.2, -0.15) is 0 Å². The summed E-state index contributed by atoms with van der Waals surface area (Å²) in [6.07, 6.45) is 15.4. The van der Waals surface area contributed by atoms with Gasteiger partial charge in [0.25, 0.3) is 0 Å². The predicted molar refractivity (Wildman–Crippen MR) is 341 cm³/mol. The SMILES string of the molecule is C(=C\c1ccc2c(c1)C1(CCCCC1)c1cc(/C=C/c3ccc(-c4ccc5c(c4)c4ccccc4n5-c4cccc5ccccc45)cc3)ccc1-2)/c1ccc(-c2ccc3c(c2)c2ccccc2n3-c2cccc3ccccc23)cc1. The van der Waals surface area contributed by atoms with E-state index in [1.54, 1.807) is 0 Å². The lowest BCUT2D eigenvalue weighted by Gasteiger charge is -2.36. The smallest absolute Gasteiger partial charge is 0.0541 e.